The largest absolute Gasteiger partial charge is 0.299 e. The molecular formula is C15H18O2. The molecule has 0 bridgehead atoms. The van der Waals surface area contributed by atoms with Crippen molar-refractivity contribution in [2.75, 3.05) is 0 Å². The van der Waals surface area contributed by atoms with E-state index in [1.54, 1.807) is 31.2 Å². The van der Waals surface area contributed by atoms with Gasteiger partial charge in [0.25, 0.3) is 0 Å². The Morgan fingerprint density at radius 2 is 1.76 bits per heavy atom. The van der Waals surface area contributed by atoms with Crippen molar-refractivity contribution in [1.82, 2.24) is 0 Å². The Balaban J connectivity index is 2.64. The summed E-state index contributed by atoms with van der Waals surface area (Å²) in [6.07, 6.45) is 1.06. The lowest BCUT2D eigenvalue weighted by molar-refractivity contribution is -0.121. The summed E-state index contributed by atoms with van der Waals surface area (Å²) in [5.74, 6) is -0.670. The fraction of sp³-hybridized carbons (Fsp3) is 0.333. The maximum absolute atomic E-state index is 12.0. The average molecular weight is 230 g/mol. The van der Waals surface area contributed by atoms with E-state index in [0.717, 1.165) is 5.57 Å². The zero-order valence-corrected chi connectivity index (χ0v) is 10.4. The zero-order valence-electron chi connectivity index (χ0n) is 10.4. The minimum atomic E-state index is -0.559. The van der Waals surface area contributed by atoms with Gasteiger partial charge in [-0.25, -0.2) is 0 Å². The highest BCUT2D eigenvalue weighted by Crippen LogP contribution is 2.13. The van der Waals surface area contributed by atoms with Crippen molar-refractivity contribution in [3.8, 4) is 0 Å². The SMILES string of the molecule is C=C(C)CCC(=O)C(C)C(=O)c1ccccc1. The Labute approximate surface area is 102 Å². The third-order valence-corrected chi connectivity index (χ3v) is 2.73. The lowest BCUT2D eigenvalue weighted by Crippen LogP contribution is -2.21. The van der Waals surface area contributed by atoms with Crippen molar-refractivity contribution in [2.24, 2.45) is 5.92 Å². The van der Waals surface area contributed by atoms with Crippen molar-refractivity contribution in [3.63, 3.8) is 0 Å². The summed E-state index contributed by atoms with van der Waals surface area (Å²) in [7, 11) is 0. The third kappa shape index (κ3) is 3.99. The van der Waals surface area contributed by atoms with Gasteiger partial charge in [0.05, 0.1) is 5.92 Å². The fourth-order valence-corrected chi connectivity index (χ4v) is 1.55. The number of carbonyl (C=O) groups excluding carboxylic acids is 2. The van der Waals surface area contributed by atoms with Crippen LogP contribution >= 0.6 is 0 Å². The fourth-order valence-electron chi connectivity index (χ4n) is 1.55. The van der Waals surface area contributed by atoms with E-state index in [0.29, 0.717) is 18.4 Å². The molecule has 0 fully saturated rings. The zero-order chi connectivity index (χ0) is 12.8. The van der Waals surface area contributed by atoms with E-state index in [2.05, 4.69) is 6.58 Å². The molecule has 0 amide bonds. The number of carbonyl (C=O) groups is 2. The van der Waals surface area contributed by atoms with E-state index in [1.165, 1.54) is 0 Å². The predicted molar refractivity (Wildman–Crippen MR) is 69.0 cm³/mol. The Morgan fingerprint density at radius 1 is 1.18 bits per heavy atom. The molecule has 1 aromatic carbocycles. The molecule has 0 aromatic heterocycles. The Kier molecular flexibility index (Phi) is 4.83. The van der Waals surface area contributed by atoms with Crippen molar-refractivity contribution < 1.29 is 9.59 Å². The summed E-state index contributed by atoms with van der Waals surface area (Å²) in [6, 6.07) is 8.94. The highest BCUT2D eigenvalue weighted by molar-refractivity contribution is 6.10. The smallest absolute Gasteiger partial charge is 0.173 e. The summed E-state index contributed by atoms with van der Waals surface area (Å²) in [5, 5.41) is 0. The molecule has 1 aromatic rings. The number of hydrogen-bond donors (Lipinski definition) is 0. The third-order valence-electron chi connectivity index (χ3n) is 2.73. The normalized spacial score (nSPS) is 11.9. The summed E-state index contributed by atoms with van der Waals surface area (Å²) in [4.78, 5) is 23.8. The van der Waals surface area contributed by atoms with Gasteiger partial charge in [0.1, 0.15) is 5.78 Å². The van der Waals surface area contributed by atoms with E-state index < -0.39 is 5.92 Å². The van der Waals surface area contributed by atoms with E-state index in [4.69, 9.17) is 0 Å². The first kappa shape index (κ1) is 13.4. The maximum atomic E-state index is 12.0. The lowest BCUT2D eigenvalue weighted by Gasteiger charge is -2.09. The lowest BCUT2D eigenvalue weighted by atomic mass is 9.92. The van der Waals surface area contributed by atoms with Crippen LogP contribution in [0.5, 0.6) is 0 Å². The molecule has 0 saturated carbocycles. The summed E-state index contributed by atoms with van der Waals surface area (Å²) >= 11 is 0. The molecule has 1 atom stereocenters. The highest BCUT2D eigenvalue weighted by Gasteiger charge is 2.21. The molecule has 0 radical (unpaired) electrons. The molecule has 0 N–H and O–H groups in total. The van der Waals surface area contributed by atoms with Gasteiger partial charge in [0.2, 0.25) is 0 Å². The van der Waals surface area contributed by atoms with Crippen molar-refractivity contribution >= 4 is 11.6 Å². The van der Waals surface area contributed by atoms with Gasteiger partial charge < -0.3 is 0 Å². The van der Waals surface area contributed by atoms with Crippen molar-refractivity contribution in [2.45, 2.75) is 26.7 Å². The number of Topliss-reactive ketones (excluding diaryl/α,β-unsaturated/α-hetero) is 2. The highest BCUT2D eigenvalue weighted by atomic mass is 16.1. The van der Waals surface area contributed by atoms with Crippen LogP contribution in [-0.2, 0) is 4.79 Å². The quantitative estimate of drug-likeness (QED) is 0.426. The summed E-state index contributed by atoms with van der Waals surface area (Å²) in [6.45, 7) is 7.31. The molecule has 0 aliphatic carbocycles. The van der Waals surface area contributed by atoms with Crippen LogP contribution in [0.2, 0.25) is 0 Å². The molecule has 0 aliphatic rings. The van der Waals surface area contributed by atoms with Gasteiger partial charge in [-0.15, -0.1) is 6.58 Å². The molecule has 0 saturated heterocycles. The Morgan fingerprint density at radius 3 is 2.29 bits per heavy atom. The van der Waals surface area contributed by atoms with Crippen LogP contribution in [0.15, 0.2) is 42.5 Å². The molecule has 2 nitrogen and oxygen atoms in total. The average Bonchev–Trinajstić information content (AvgIpc) is 2.35. The first-order chi connectivity index (χ1) is 8.02. The number of benzene rings is 1. The minimum Gasteiger partial charge on any atom is -0.299 e. The number of hydrogen-bond acceptors (Lipinski definition) is 2. The Bertz CT molecular complexity index is 418. The van der Waals surface area contributed by atoms with Crippen molar-refractivity contribution in [3.05, 3.63) is 48.0 Å². The van der Waals surface area contributed by atoms with Gasteiger partial charge >= 0.3 is 0 Å². The standard InChI is InChI=1S/C15H18O2/c1-11(2)9-10-14(16)12(3)15(17)13-7-5-4-6-8-13/h4-8,12H,1,9-10H2,2-3H3. The molecule has 0 heterocycles. The Hall–Kier alpha value is -1.70. The van der Waals surface area contributed by atoms with Crippen LogP contribution in [0, 0.1) is 5.92 Å². The second-order valence-corrected chi connectivity index (χ2v) is 4.38. The van der Waals surface area contributed by atoms with Gasteiger partial charge in [-0.3, -0.25) is 9.59 Å². The van der Waals surface area contributed by atoms with E-state index >= 15 is 0 Å². The molecule has 2 heteroatoms. The maximum Gasteiger partial charge on any atom is 0.173 e. The van der Waals surface area contributed by atoms with E-state index in [-0.39, 0.29) is 11.6 Å². The topological polar surface area (TPSA) is 34.1 Å². The molecular weight excluding hydrogens is 212 g/mol. The molecule has 1 rings (SSSR count). The summed E-state index contributed by atoms with van der Waals surface area (Å²) in [5.41, 5.74) is 1.57. The van der Waals surface area contributed by atoms with Crippen molar-refractivity contribution in [1.29, 1.82) is 0 Å². The molecule has 90 valence electrons. The van der Waals surface area contributed by atoms with Crippen LogP contribution < -0.4 is 0 Å². The second kappa shape index (κ2) is 6.14. The van der Waals surface area contributed by atoms with E-state index in [9.17, 15) is 9.59 Å². The minimum absolute atomic E-state index is 0.0122. The number of allylic oxidation sites excluding steroid dienone is 1. The number of ketones is 2. The molecule has 0 spiro atoms. The van der Waals surface area contributed by atoms with Crippen LogP contribution in [0.4, 0.5) is 0 Å². The predicted octanol–water partition coefficient (Wildman–Crippen LogP) is 3.43. The first-order valence-corrected chi connectivity index (χ1v) is 5.78. The molecule has 17 heavy (non-hydrogen) atoms. The van der Waals surface area contributed by atoms with Crippen LogP contribution in [0.1, 0.15) is 37.0 Å². The van der Waals surface area contributed by atoms with Crippen LogP contribution in [0.25, 0.3) is 0 Å². The van der Waals surface area contributed by atoms with Gasteiger partial charge in [0.15, 0.2) is 5.78 Å². The first-order valence-electron chi connectivity index (χ1n) is 5.78. The van der Waals surface area contributed by atoms with Gasteiger partial charge in [-0.1, -0.05) is 35.9 Å². The van der Waals surface area contributed by atoms with E-state index in [1.807, 2.05) is 13.0 Å². The van der Waals surface area contributed by atoms with Gasteiger partial charge in [0, 0.05) is 12.0 Å². The van der Waals surface area contributed by atoms with Crippen LogP contribution in [-0.4, -0.2) is 11.6 Å². The number of rotatable bonds is 6. The molecule has 0 aliphatic heterocycles. The van der Waals surface area contributed by atoms with Crippen LogP contribution in [0.3, 0.4) is 0 Å². The van der Waals surface area contributed by atoms with Gasteiger partial charge in [-0.05, 0) is 20.3 Å². The summed E-state index contributed by atoms with van der Waals surface area (Å²) < 4.78 is 0. The monoisotopic (exact) mass is 230 g/mol. The van der Waals surface area contributed by atoms with Gasteiger partial charge in [-0.2, -0.15) is 0 Å². The second-order valence-electron chi connectivity index (χ2n) is 4.38. The molecule has 1 unspecified atom stereocenters.